The summed E-state index contributed by atoms with van der Waals surface area (Å²) in [4.78, 5) is 14.9. The lowest BCUT2D eigenvalue weighted by molar-refractivity contribution is -0.147. The molecule has 0 radical (unpaired) electrons. The molecule has 0 aromatic carbocycles. The van der Waals surface area contributed by atoms with Gasteiger partial charge in [0.15, 0.2) is 0 Å². The van der Waals surface area contributed by atoms with Crippen molar-refractivity contribution in [3.63, 3.8) is 0 Å². The second-order valence-corrected chi connectivity index (χ2v) is 3.87. The van der Waals surface area contributed by atoms with Crippen LogP contribution in [0.25, 0.3) is 0 Å². The second-order valence-electron chi connectivity index (χ2n) is 3.87. The summed E-state index contributed by atoms with van der Waals surface area (Å²) in [5.74, 6) is -1.50. The largest absolute Gasteiger partial charge is 0.481 e. The first kappa shape index (κ1) is 11.0. The summed E-state index contributed by atoms with van der Waals surface area (Å²) in [6.45, 7) is 0.813. The van der Waals surface area contributed by atoms with Gasteiger partial charge in [0, 0.05) is 19.4 Å². The zero-order valence-electron chi connectivity index (χ0n) is 8.65. The molecule has 1 N–H and O–H groups in total. The van der Waals surface area contributed by atoms with E-state index in [9.17, 15) is 14.3 Å². The number of aromatic nitrogens is 1. The molecule has 0 atom stereocenters. The van der Waals surface area contributed by atoms with Gasteiger partial charge in [-0.3, -0.25) is 4.79 Å². The monoisotopic (exact) mass is 225 g/mol. The van der Waals surface area contributed by atoms with Crippen LogP contribution < -0.4 is 0 Å². The molecule has 0 saturated carbocycles. The summed E-state index contributed by atoms with van der Waals surface area (Å²) in [5.41, 5.74) is -0.427. The molecule has 0 unspecified atom stereocenters. The lowest BCUT2D eigenvalue weighted by atomic mass is 9.75. The Balaban J connectivity index is 2.38. The van der Waals surface area contributed by atoms with Crippen molar-refractivity contribution in [2.75, 3.05) is 13.2 Å². The van der Waals surface area contributed by atoms with Crippen LogP contribution in [-0.4, -0.2) is 29.3 Å². The molecule has 1 aromatic rings. The van der Waals surface area contributed by atoms with Crippen LogP contribution in [0.15, 0.2) is 18.3 Å². The highest BCUT2D eigenvalue weighted by molar-refractivity contribution is 5.81. The van der Waals surface area contributed by atoms with E-state index in [1.54, 1.807) is 0 Å². The van der Waals surface area contributed by atoms with Crippen molar-refractivity contribution >= 4 is 5.97 Å². The molecule has 0 spiro atoms. The van der Waals surface area contributed by atoms with Crippen molar-refractivity contribution in [1.29, 1.82) is 0 Å². The number of aliphatic carboxylic acids is 1. The van der Waals surface area contributed by atoms with Gasteiger partial charge in [-0.2, -0.15) is 4.39 Å². The predicted molar refractivity (Wildman–Crippen MR) is 53.6 cm³/mol. The van der Waals surface area contributed by atoms with Gasteiger partial charge in [0.25, 0.3) is 0 Å². The number of carboxylic acid groups (broad SMARTS) is 1. The molecule has 2 heterocycles. The molecule has 0 bridgehead atoms. The maximum atomic E-state index is 12.7. The molecule has 86 valence electrons. The van der Waals surface area contributed by atoms with E-state index in [-0.39, 0.29) is 0 Å². The molecular weight excluding hydrogens is 213 g/mol. The number of hydrogen-bond acceptors (Lipinski definition) is 3. The van der Waals surface area contributed by atoms with Crippen LogP contribution in [0, 0.1) is 5.95 Å². The van der Waals surface area contributed by atoms with E-state index in [1.807, 2.05) is 0 Å². The molecule has 16 heavy (non-hydrogen) atoms. The third kappa shape index (κ3) is 1.78. The van der Waals surface area contributed by atoms with Crippen LogP contribution in [0.5, 0.6) is 0 Å². The second kappa shape index (κ2) is 4.17. The fraction of sp³-hybridized carbons (Fsp3) is 0.455. The summed E-state index contributed by atoms with van der Waals surface area (Å²) >= 11 is 0. The molecule has 1 aromatic heterocycles. The van der Waals surface area contributed by atoms with Crippen molar-refractivity contribution in [2.24, 2.45) is 0 Å². The summed E-state index contributed by atoms with van der Waals surface area (Å²) < 4.78 is 17.9. The standard InChI is InChI=1S/C11H12FNO3/c12-9-2-1-8(7-13-9)11(10(14)15)3-5-16-6-4-11/h1-2,7H,3-6H2,(H,14,15). The van der Waals surface area contributed by atoms with Gasteiger partial charge in [-0.05, 0) is 24.5 Å². The van der Waals surface area contributed by atoms with Crippen molar-refractivity contribution in [2.45, 2.75) is 18.3 Å². The van der Waals surface area contributed by atoms with Gasteiger partial charge in [0.05, 0.1) is 5.41 Å². The summed E-state index contributed by atoms with van der Waals surface area (Å²) in [6.07, 6.45) is 2.10. The van der Waals surface area contributed by atoms with Crippen LogP contribution in [-0.2, 0) is 14.9 Å². The Morgan fingerprint density at radius 1 is 1.44 bits per heavy atom. The Bertz CT molecular complexity index is 385. The third-order valence-electron chi connectivity index (χ3n) is 3.04. The molecule has 1 fully saturated rings. The minimum absolute atomic E-state index is 0.398. The SMILES string of the molecule is O=C(O)C1(c2ccc(F)nc2)CCOCC1. The Morgan fingerprint density at radius 2 is 2.12 bits per heavy atom. The van der Waals surface area contributed by atoms with E-state index in [2.05, 4.69) is 4.98 Å². The molecule has 0 amide bonds. The molecule has 0 aliphatic carbocycles. The van der Waals surface area contributed by atoms with Crippen LogP contribution in [0.2, 0.25) is 0 Å². The van der Waals surface area contributed by atoms with E-state index in [0.717, 1.165) is 0 Å². The highest BCUT2D eigenvalue weighted by Crippen LogP contribution is 2.34. The van der Waals surface area contributed by atoms with E-state index in [0.29, 0.717) is 31.6 Å². The smallest absolute Gasteiger partial charge is 0.314 e. The quantitative estimate of drug-likeness (QED) is 0.772. The number of nitrogens with zero attached hydrogens (tertiary/aromatic N) is 1. The van der Waals surface area contributed by atoms with Gasteiger partial charge in [-0.1, -0.05) is 6.07 Å². The van der Waals surface area contributed by atoms with Crippen molar-refractivity contribution in [3.8, 4) is 0 Å². The Kier molecular flexibility index (Phi) is 2.87. The maximum Gasteiger partial charge on any atom is 0.314 e. The van der Waals surface area contributed by atoms with E-state index in [4.69, 9.17) is 4.74 Å². The number of hydrogen-bond donors (Lipinski definition) is 1. The zero-order valence-corrected chi connectivity index (χ0v) is 8.65. The van der Waals surface area contributed by atoms with E-state index >= 15 is 0 Å². The summed E-state index contributed by atoms with van der Waals surface area (Å²) in [7, 11) is 0. The van der Waals surface area contributed by atoms with E-state index in [1.165, 1.54) is 18.3 Å². The number of pyridine rings is 1. The van der Waals surface area contributed by atoms with Crippen LogP contribution >= 0.6 is 0 Å². The fourth-order valence-corrected chi connectivity index (χ4v) is 2.00. The Morgan fingerprint density at radius 3 is 2.62 bits per heavy atom. The first-order valence-electron chi connectivity index (χ1n) is 5.08. The van der Waals surface area contributed by atoms with Crippen LogP contribution in [0.3, 0.4) is 0 Å². The van der Waals surface area contributed by atoms with Gasteiger partial charge in [0.1, 0.15) is 0 Å². The number of rotatable bonds is 2. The third-order valence-corrected chi connectivity index (χ3v) is 3.04. The molecule has 4 nitrogen and oxygen atoms in total. The first-order chi connectivity index (χ1) is 7.65. The highest BCUT2D eigenvalue weighted by Gasteiger charge is 2.42. The number of ether oxygens (including phenoxy) is 1. The molecule has 1 aliphatic heterocycles. The zero-order chi connectivity index (χ0) is 11.6. The van der Waals surface area contributed by atoms with Crippen LogP contribution in [0.4, 0.5) is 4.39 Å². The van der Waals surface area contributed by atoms with Gasteiger partial charge in [0.2, 0.25) is 5.95 Å². The summed E-state index contributed by atoms with van der Waals surface area (Å²) in [5, 5.41) is 9.33. The fourth-order valence-electron chi connectivity index (χ4n) is 2.00. The normalized spacial score (nSPS) is 19.3. The van der Waals surface area contributed by atoms with E-state index < -0.39 is 17.3 Å². The van der Waals surface area contributed by atoms with Gasteiger partial charge < -0.3 is 9.84 Å². The van der Waals surface area contributed by atoms with Crippen LogP contribution in [0.1, 0.15) is 18.4 Å². The molecule has 2 rings (SSSR count). The minimum Gasteiger partial charge on any atom is -0.481 e. The first-order valence-corrected chi connectivity index (χ1v) is 5.08. The molecule has 1 saturated heterocycles. The average Bonchev–Trinajstić information content (AvgIpc) is 2.30. The van der Waals surface area contributed by atoms with Crippen molar-refractivity contribution < 1.29 is 19.0 Å². The Labute approximate surface area is 92.1 Å². The number of carbonyl (C=O) groups is 1. The average molecular weight is 225 g/mol. The highest BCUT2D eigenvalue weighted by atomic mass is 19.1. The lowest BCUT2D eigenvalue weighted by Crippen LogP contribution is -2.41. The minimum atomic E-state index is -0.973. The number of carboxylic acids is 1. The topological polar surface area (TPSA) is 59.4 Å². The molecule has 5 heteroatoms. The van der Waals surface area contributed by atoms with Crippen molar-refractivity contribution in [3.05, 3.63) is 29.8 Å². The number of halogens is 1. The molecular formula is C11H12FNO3. The molecule has 1 aliphatic rings. The predicted octanol–water partition coefficient (Wildman–Crippen LogP) is 1.35. The van der Waals surface area contributed by atoms with Crippen molar-refractivity contribution in [1.82, 2.24) is 4.98 Å². The lowest BCUT2D eigenvalue weighted by Gasteiger charge is -2.33. The van der Waals surface area contributed by atoms with Gasteiger partial charge in [-0.25, -0.2) is 4.98 Å². The maximum absolute atomic E-state index is 12.7. The summed E-state index contributed by atoms with van der Waals surface area (Å²) in [6, 6.07) is 2.68. The van der Waals surface area contributed by atoms with Gasteiger partial charge >= 0.3 is 5.97 Å². The van der Waals surface area contributed by atoms with Gasteiger partial charge in [-0.15, -0.1) is 0 Å². The Hall–Kier alpha value is -1.49.